The maximum atomic E-state index is 11.8. The molecule has 0 bridgehead atoms. The zero-order valence-electron chi connectivity index (χ0n) is 12.2. The van der Waals surface area contributed by atoms with Crippen LogP contribution in [0.4, 0.5) is 0 Å². The standard InChI is InChI=1S/C15H22ClNO3S/c1-2-21(18,19)17-15-9-4-3-6-12(15)11-20-14-8-5-7-13(16)10-14/h5,7-8,10,12,15,17H,2-4,6,9,11H2,1H3. The Morgan fingerprint density at radius 2 is 2.10 bits per heavy atom. The van der Waals surface area contributed by atoms with E-state index in [9.17, 15) is 8.42 Å². The first-order chi connectivity index (χ1) is 10.00. The molecule has 6 heteroatoms. The Bertz CT molecular complexity index is 562. The molecule has 1 N–H and O–H groups in total. The molecule has 4 nitrogen and oxygen atoms in total. The quantitative estimate of drug-likeness (QED) is 0.870. The molecule has 0 saturated heterocycles. The first kappa shape index (κ1) is 16.6. The highest BCUT2D eigenvalue weighted by molar-refractivity contribution is 7.89. The third-order valence-electron chi connectivity index (χ3n) is 3.88. The van der Waals surface area contributed by atoms with Gasteiger partial charge in [-0.25, -0.2) is 13.1 Å². The average Bonchev–Trinajstić information content (AvgIpc) is 2.46. The summed E-state index contributed by atoms with van der Waals surface area (Å²) < 4.78 is 32.1. The molecule has 2 rings (SSSR count). The van der Waals surface area contributed by atoms with E-state index in [0.29, 0.717) is 11.6 Å². The van der Waals surface area contributed by atoms with Gasteiger partial charge in [-0.2, -0.15) is 0 Å². The van der Waals surface area contributed by atoms with E-state index in [-0.39, 0.29) is 17.7 Å². The van der Waals surface area contributed by atoms with Crippen LogP contribution in [0.1, 0.15) is 32.6 Å². The van der Waals surface area contributed by atoms with Crippen molar-refractivity contribution in [2.24, 2.45) is 5.92 Å². The number of halogens is 1. The molecule has 1 aromatic carbocycles. The second kappa shape index (κ2) is 7.47. The molecule has 1 aromatic rings. The molecule has 0 amide bonds. The number of rotatable bonds is 6. The van der Waals surface area contributed by atoms with Crippen molar-refractivity contribution in [1.29, 1.82) is 0 Å². The van der Waals surface area contributed by atoms with E-state index in [1.165, 1.54) is 0 Å². The van der Waals surface area contributed by atoms with Crippen LogP contribution in [-0.2, 0) is 10.0 Å². The van der Waals surface area contributed by atoms with Gasteiger partial charge in [0.05, 0.1) is 12.4 Å². The Kier molecular flexibility index (Phi) is 5.90. The summed E-state index contributed by atoms with van der Waals surface area (Å²) in [5.41, 5.74) is 0. The van der Waals surface area contributed by atoms with Crippen molar-refractivity contribution in [1.82, 2.24) is 4.72 Å². The highest BCUT2D eigenvalue weighted by atomic mass is 35.5. The lowest BCUT2D eigenvalue weighted by molar-refractivity contribution is 0.180. The molecule has 21 heavy (non-hydrogen) atoms. The Hall–Kier alpha value is -0.780. The Morgan fingerprint density at radius 1 is 1.33 bits per heavy atom. The second-order valence-corrected chi connectivity index (χ2v) is 7.92. The number of benzene rings is 1. The SMILES string of the molecule is CCS(=O)(=O)NC1CCCCC1COc1cccc(Cl)c1. The van der Waals surface area contributed by atoms with Crippen molar-refractivity contribution in [2.45, 2.75) is 38.6 Å². The normalized spacial score (nSPS) is 23.0. The molecule has 0 spiro atoms. The predicted molar refractivity (Wildman–Crippen MR) is 85.3 cm³/mol. The summed E-state index contributed by atoms with van der Waals surface area (Å²) >= 11 is 5.93. The molecule has 1 aliphatic carbocycles. The molecule has 2 atom stereocenters. The van der Waals surface area contributed by atoms with Crippen molar-refractivity contribution in [3.63, 3.8) is 0 Å². The van der Waals surface area contributed by atoms with E-state index >= 15 is 0 Å². The first-order valence-corrected chi connectivity index (χ1v) is 9.41. The fourth-order valence-electron chi connectivity index (χ4n) is 2.64. The average molecular weight is 332 g/mol. The van der Waals surface area contributed by atoms with Crippen LogP contribution >= 0.6 is 11.6 Å². The van der Waals surface area contributed by atoms with Crippen LogP contribution in [-0.4, -0.2) is 26.8 Å². The molecule has 2 unspecified atom stereocenters. The molecule has 0 radical (unpaired) electrons. The minimum Gasteiger partial charge on any atom is -0.493 e. The van der Waals surface area contributed by atoms with Gasteiger partial charge in [0.2, 0.25) is 10.0 Å². The van der Waals surface area contributed by atoms with Gasteiger partial charge in [0.1, 0.15) is 5.75 Å². The number of sulfonamides is 1. The molecular formula is C15H22ClNO3S. The van der Waals surface area contributed by atoms with Crippen molar-refractivity contribution >= 4 is 21.6 Å². The third-order valence-corrected chi connectivity index (χ3v) is 5.54. The number of hydrogen-bond acceptors (Lipinski definition) is 3. The number of hydrogen-bond donors (Lipinski definition) is 1. The van der Waals surface area contributed by atoms with Crippen LogP contribution in [0.5, 0.6) is 5.75 Å². The third kappa shape index (κ3) is 5.16. The second-order valence-electron chi connectivity index (χ2n) is 5.44. The monoisotopic (exact) mass is 331 g/mol. The van der Waals surface area contributed by atoms with Crippen molar-refractivity contribution in [3.05, 3.63) is 29.3 Å². The number of nitrogens with one attached hydrogen (secondary N) is 1. The van der Waals surface area contributed by atoms with Gasteiger partial charge in [0, 0.05) is 17.0 Å². The lowest BCUT2D eigenvalue weighted by atomic mass is 9.86. The van der Waals surface area contributed by atoms with Gasteiger partial charge >= 0.3 is 0 Å². The predicted octanol–water partition coefficient (Wildman–Crippen LogP) is 3.22. The molecule has 1 aliphatic rings. The van der Waals surface area contributed by atoms with Gasteiger partial charge < -0.3 is 4.74 Å². The molecule has 0 aliphatic heterocycles. The van der Waals surface area contributed by atoms with Crippen LogP contribution in [0.25, 0.3) is 0 Å². The summed E-state index contributed by atoms with van der Waals surface area (Å²) in [6.45, 7) is 2.17. The molecule has 118 valence electrons. The summed E-state index contributed by atoms with van der Waals surface area (Å²) in [6, 6.07) is 7.25. The molecular weight excluding hydrogens is 310 g/mol. The van der Waals surface area contributed by atoms with Crippen LogP contribution in [0.2, 0.25) is 5.02 Å². The van der Waals surface area contributed by atoms with E-state index in [4.69, 9.17) is 16.3 Å². The van der Waals surface area contributed by atoms with Crippen molar-refractivity contribution < 1.29 is 13.2 Å². The fourth-order valence-corrected chi connectivity index (χ4v) is 3.75. The summed E-state index contributed by atoms with van der Waals surface area (Å²) in [5, 5.41) is 0.638. The van der Waals surface area contributed by atoms with Crippen LogP contribution < -0.4 is 9.46 Å². The maximum absolute atomic E-state index is 11.8. The van der Waals surface area contributed by atoms with E-state index in [1.807, 2.05) is 12.1 Å². The molecule has 0 heterocycles. The minimum atomic E-state index is -3.17. The van der Waals surface area contributed by atoms with Gasteiger partial charge in [-0.3, -0.25) is 0 Å². The summed E-state index contributed by atoms with van der Waals surface area (Å²) in [6.07, 6.45) is 4.04. The van der Waals surface area contributed by atoms with Crippen LogP contribution in [0.15, 0.2) is 24.3 Å². The Labute approximate surface area is 131 Å². The van der Waals surface area contributed by atoms with Gasteiger partial charge in [0.15, 0.2) is 0 Å². The van der Waals surface area contributed by atoms with Crippen molar-refractivity contribution in [2.75, 3.05) is 12.4 Å². The zero-order chi connectivity index (χ0) is 15.3. The topological polar surface area (TPSA) is 55.4 Å². The summed E-state index contributed by atoms with van der Waals surface area (Å²) in [5.74, 6) is 1.05. The van der Waals surface area contributed by atoms with Gasteiger partial charge in [0.25, 0.3) is 0 Å². The zero-order valence-corrected chi connectivity index (χ0v) is 13.8. The lowest BCUT2D eigenvalue weighted by Crippen LogP contribution is -2.44. The van der Waals surface area contributed by atoms with Crippen LogP contribution in [0.3, 0.4) is 0 Å². The molecule has 0 aromatic heterocycles. The van der Waals surface area contributed by atoms with E-state index < -0.39 is 10.0 Å². The number of ether oxygens (including phenoxy) is 1. The molecule has 1 saturated carbocycles. The van der Waals surface area contributed by atoms with E-state index in [1.54, 1.807) is 19.1 Å². The fraction of sp³-hybridized carbons (Fsp3) is 0.600. The largest absolute Gasteiger partial charge is 0.493 e. The Morgan fingerprint density at radius 3 is 2.81 bits per heavy atom. The summed E-state index contributed by atoms with van der Waals surface area (Å²) in [7, 11) is -3.17. The van der Waals surface area contributed by atoms with Crippen LogP contribution in [0, 0.1) is 5.92 Å². The first-order valence-electron chi connectivity index (χ1n) is 7.38. The Balaban J connectivity index is 1.96. The maximum Gasteiger partial charge on any atom is 0.211 e. The van der Waals surface area contributed by atoms with Crippen molar-refractivity contribution in [3.8, 4) is 5.75 Å². The summed E-state index contributed by atoms with van der Waals surface area (Å²) in [4.78, 5) is 0. The van der Waals surface area contributed by atoms with Gasteiger partial charge in [-0.1, -0.05) is 30.5 Å². The lowest BCUT2D eigenvalue weighted by Gasteiger charge is -2.31. The molecule has 1 fully saturated rings. The van der Waals surface area contributed by atoms with Gasteiger partial charge in [-0.05, 0) is 38.0 Å². The smallest absolute Gasteiger partial charge is 0.211 e. The minimum absolute atomic E-state index is 0.0251. The van der Waals surface area contributed by atoms with E-state index in [2.05, 4.69) is 4.72 Å². The van der Waals surface area contributed by atoms with E-state index in [0.717, 1.165) is 31.4 Å². The highest BCUT2D eigenvalue weighted by Gasteiger charge is 2.28. The highest BCUT2D eigenvalue weighted by Crippen LogP contribution is 2.26. The van der Waals surface area contributed by atoms with Gasteiger partial charge in [-0.15, -0.1) is 0 Å².